The topological polar surface area (TPSA) is 35.8 Å². The van der Waals surface area contributed by atoms with Crippen molar-refractivity contribution in [1.82, 2.24) is 5.32 Å². The van der Waals surface area contributed by atoms with Crippen molar-refractivity contribution in [2.24, 2.45) is 0 Å². The van der Waals surface area contributed by atoms with Crippen LogP contribution in [0.25, 0.3) is 11.1 Å². The first-order valence-corrected chi connectivity index (χ1v) is 9.03. The Balaban J connectivity index is 0.00000163. The van der Waals surface area contributed by atoms with Gasteiger partial charge in [-0.3, -0.25) is 0 Å². The van der Waals surface area contributed by atoms with E-state index in [0.29, 0.717) is 5.56 Å². The molecule has 0 aliphatic rings. The van der Waals surface area contributed by atoms with Crippen molar-refractivity contribution in [3.63, 3.8) is 0 Å². The summed E-state index contributed by atoms with van der Waals surface area (Å²) in [6, 6.07) is 18.3. The number of hydrogen-bond acceptors (Lipinski definition) is 2. The summed E-state index contributed by atoms with van der Waals surface area (Å²) in [6.07, 6.45) is 0.821. The van der Waals surface area contributed by atoms with E-state index in [1.54, 1.807) is 0 Å². The van der Waals surface area contributed by atoms with Crippen molar-refractivity contribution in [2.75, 3.05) is 0 Å². The van der Waals surface area contributed by atoms with Crippen molar-refractivity contribution >= 4 is 0 Å². The second-order valence-corrected chi connectivity index (χ2v) is 6.64. The molecule has 136 valence electrons. The molecule has 0 spiro atoms. The molecule has 0 unspecified atom stereocenters. The van der Waals surface area contributed by atoms with E-state index in [1.807, 2.05) is 52.0 Å². The summed E-state index contributed by atoms with van der Waals surface area (Å²) in [7, 11) is 0. The highest BCUT2D eigenvalue weighted by molar-refractivity contribution is 5.66. The summed E-state index contributed by atoms with van der Waals surface area (Å²) in [5.74, 6) is 0. The summed E-state index contributed by atoms with van der Waals surface area (Å²) in [5, 5.41) is 12.6. The largest absolute Gasteiger partial charge is 0.379 e. The van der Waals surface area contributed by atoms with Crippen LogP contribution < -0.4 is 5.32 Å². The normalized spacial score (nSPS) is 12.0. The predicted octanol–water partition coefficient (Wildman–Crippen LogP) is 6.56. The van der Waals surface area contributed by atoms with E-state index in [4.69, 9.17) is 5.26 Å². The molecule has 0 aliphatic heterocycles. The molecule has 2 rings (SSSR count). The van der Waals surface area contributed by atoms with Gasteiger partial charge in [-0.1, -0.05) is 56.3 Å². The second-order valence-electron chi connectivity index (χ2n) is 6.64. The molecule has 0 saturated carbocycles. The molecule has 0 aromatic heterocycles. The van der Waals surface area contributed by atoms with Gasteiger partial charge in [-0.2, -0.15) is 5.26 Å². The lowest BCUT2D eigenvalue weighted by molar-refractivity contribution is 0.401. The van der Waals surface area contributed by atoms with Gasteiger partial charge >= 0.3 is 0 Å². The molecule has 1 atom stereocenters. The minimum absolute atomic E-state index is 0.263. The molecule has 0 aliphatic carbocycles. The van der Waals surface area contributed by atoms with Gasteiger partial charge in [0.05, 0.1) is 17.2 Å². The Bertz CT molecular complexity index is 793. The lowest BCUT2D eigenvalue weighted by Gasteiger charge is -2.33. The highest BCUT2D eigenvalue weighted by Gasteiger charge is 2.26. The Morgan fingerprint density at radius 3 is 2.15 bits per heavy atom. The molecular weight excluding hydrogens is 316 g/mol. The van der Waals surface area contributed by atoms with Gasteiger partial charge in [0.15, 0.2) is 0 Å². The molecule has 0 radical (unpaired) electrons. The SMILES string of the molecule is C=C(C)C[C@](C)(NC(=C)C)c1cccc(-c2cccc(C#N)c2)c1.CC. The fraction of sp³-hybridized carbons (Fsp3) is 0.292. The molecule has 0 bridgehead atoms. The molecule has 0 fully saturated rings. The zero-order valence-corrected chi connectivity index (χ0v) is 16.7. The third-order valence-corrected chi connectivity index (χ3v) is 3.97. The van der Waals surface area contributed by atoms with Crippen LogP contribution in [0.15, 0.2) is 73.0 Å². The zero-order valence-electron chi connectivity index (χ0n) is 16.7. The highest BCUT2D eigenvalue weighted by Crippen LogP contribution is 2.32. The van der Waals surface area contributed by atoms with E-state index >= 15 is 0 Å². The molecule has 1 N–H and O–H groups in total. The van der Waals surface area contributed by atoms with Crippen LogP contribution in [0.5, 0.6) is 0 Å². The maximum Gasteiger partial charge on any atom is 0.0991 e. The molecule has 0 saturated heterocycles. The minimum atomic E-state index is -0.263. The number of rotatable bonds is 6. The first-order chi connectivity index (χ1) is 12.3. The van der Waals surface area contributed by atoms with Gasteiger partial charge < -0.3 is 5.32 Å². The predicted molar refractivity (Wildman–Crippen MR) is 113 cm³/mol. The van der Waals surface area contributed by atoms with Crippen LogP contribution in [0, 0.1) is 11.3 Å². The van der Waals surface area contributed by atoms with E-state index in [2.05, 4.69) is 55.7 Å². The third-order valence-electron chi connectivity index (χ3n) is 3.97. The van der Waals surface area contributed by atoms with Gasteiger partial charge in [-0.25, -0.2) is 0 Å². The smallest absolute Gasteiger partial charge is 0.0991 e. The van der Waals surface area contributed by atoms with Crippen molar-refractivity contribution < 1.29 is 0 Å². The second kappa shape index (κ2) is 9.63. The summed E-state index contributed by atoms with van der Waals surface area (Å²) in [5.41, 5.74) is 5.76. The summed E-state index contributed by atoms with van der Waals surface area (Å²) >= 11 is 0. The van der Waals surface area contributed by atoms with Crippen LogP contribution in [-0.4, -0.2) is 0 Å². The third kappa shape index (κ3) is 5.63. The van der Waals surface area contributed by atoms with E-state index in [1.165, 1.54) is 5.56 Å². The van der Waals surface area contributed by atoms with Crippen molar-refractivity contribution in [3.8, 4) is 17.2 Å². The number of hydrogen-bond donors (Lipinski definition) is 1. The summed E-state index contributed by atoms with van der Waals surface area (Å²) in [4.78, 5) is 0. The Hall–Kier alpha value is -2.79. The number of nitrogens with one attached hydrogen (secondary N) is 1. The van der Waals surface area contributed by atoms with Crippen LogP contribution in [0.1, 0.15) is 52.2 Å². The van der Waals surface area contributed by atoms with Gasteiger partial charge in [-0.05, 0) is 62.1 Å². The number of allylic oxidation sites excluding steroid dienone is 1. The quantitative estimate of drug-likeness (QED) is 0.601. The molecule has 2 aromatic rings. The first-order valence-electron chi connectivity index (χ1n) is 9.03. The molecule has 2 nitrogen and oxygen atoms in total. The summed E-state index contributed by atoms with van der Waals surface area (Å²) < 4.78 is 0. The molecular formula is C24H30N2. The van der Waals surface area contributed by atoms with Gasteiger partial charge in [0, 0.05) is 5.70 Å². The highest BCUT2D eigenvalue weighted by atomic mass is 15.0. The van der Waals surface area contributed by atoms with E-state index in [-0.39, 0.29) is 5.54 Å². The number of nitriles is 1. The Kier molecular flexibility index (Phi) is 7.87. The lowest BCUT2D eigenvalue weighted by Crippen LogP contribution is -2.38. The fourth-order valence-corrected chi connectivity index (χ4v) is 3.10. The molecule has 0 heterocycles. The first kappa shape index (κ1) is 21.3. The maximum absolute atomic E-state index is 9.11. The Labute approximate surface area is 158 Å². The van der Waals surface area contributed by atoms with E-state index in [0.717, 1.165) is 28.8 Å². The van der Waals surface area contributed by atoms with E-state index in [9.17, 15) is 0 Å². The average Bonchev–Trinajstić information content (AvgIpc) is 2.62. The van der Waals surface area contributed by atoms with Crippen LogP contribution >= 0.6 is 0 Å². The van der Waals surface area contributed by atoms with Crippen molar-refractivity contribution in [2.45, 2.75) is 46.6 Å². The molecule has 26 heavy (non-hydrogen) atoms. The molecule has 2 aromatic carbocycles. The van der Waals surface area contributed by atoms with Gasteiger partial charge in [0.2, 0.25) is 0 Å². The Morgan fingerprint density at radius 1 is 1.04 bits per heavy atom. The van der Waals surface area contributed by atoms with Gasteiger partial charge in [0.1, 0.15) is 0 Å². The zero-order chi connectivity index (χ0) is 19.7. The van der Waals surface area contributed by atoms with Crippen LogP contribution in [0.3, 0.4) is 0 Å². The van der Waals surface area contributed by atoms with Crippen LogP contribution in [0.2, 0.25) is 0 Å². The average molecular weight is 347 g/mol. The standard InChI is InChI=1S/C22H24N2.C2H6/c1-16(2)14-22(5,24-17(3)4)21-11-7-10-20(13-21)19-9-6-8-18(12-19)15-23;1-2/h6-13,24H,1,3,14H2,2,4-5H3;1-2H3/t22-;/m0./s1. The maximum atomic E-state index is 9.11. The monoisotopic (exact) mass is 346 g/mol. The number of benzene rings is 2. The Morgan fingerprint density at radius 2 is 1.62 bits per heavy atom. The van der Waals surface area contributed by atoms with Crippen molar-refractivity contribution in [1.29, 1.82) is 5.26 Å². The lowest BCUT2D eigenvalue weighted by atomic mass is 9.84. The summed E-state index contributed by atoms with van der Waals surface area (Å²) in [6.45, 7) is 18.2. The molecule has 2 heteroatoms. The van der Waals surface area contributed by atoms with E-state index < -0.39 is 0 Å². The van der Waals surface area contributed by atoms with Crippen LogP contribution in [-0.2, 0) is 5.54 Å². The fourth-order valence-electron chi connectivity index (χ4n) is 3.10. The van der Waals surface area contributed by atoms with Crippen LogP contribution in [0.4, 0.5) is 0 Å². The minimum Gasteiger partial charge on any atom is -0.379 e. The van der Waals surface area contributed by atoms with Gasteiger partial charge in [-0.15, -0.1) is 6.58 Å². The number of nitrogens with zero attached hydrogens (tertiary/aromatic N) is 1. The molecule has 0 amide bonds. The van der Waals surface area contributed by atoms with Gasteiger partial charge in [0.25, 0.3) is 0 Å². The van der Waals surface area contributed by atoms with Crippen molar-refractivity contribution in [3.05, 3.63) is 84.1 Å².